The van der Waals surface area contributed by atoms with E-state index in [1.807, 2.05) is 7.05 Å². The molecule has 0 heterocycles. The molecule has 0 bridgehead atoms. The molecule has 1 aromatic rings. The second kappa shape index (κ2) is 8.06. The zero-order valence-corrected chi connectivity index (χ0v) is 13.7. The second-order valence-electron chi connectivity index (χ2n) is 4.49. The molecule has 8 heteroatoms. The molecule has 0 fully saturated rings. The standard InChI is InChI=1S/C13H23N3O4S/c1-14-6-5-7-16(2)21(17,18)15-11-8-12(19-3)10-13(9-11)20-4/h8-10,14-15H,5-7H2,1-4H3. The number of rotatable bonds is 9. The van der Waals surface area contributed by atoms with E-state index in [9.17, 15) is 8.42 Å². The molecule has 0 aliphatic heterocycles. The van der Waals surface area contributed by atoms with Crippen LogP contribution in [-0.4, -0.2) is 54.1 Å². The van der Waals surface area contributed by atoms with Crippen LogP contribution in [0.5, 0.6) is 11.5 Å². The van der Waals surface area contributed by atoms with Crippen LogP contribution in [0.25, 0.3) is 0 Å². The number of benzene rings is 1. The third-order valence-electron chi connectivity index (χ3n) is 2.91. The first kappa shape index (κ1) is 17.5. The van der Waals surface area contributed by atoms with Gasteiger partial charge in [0.1, 0.15) is 11.5 Å². The van der Waals surface area contributed by atoms with Gasteiger partial charge in [0.15, 0.2) is 0 Å². The Labute approximate surface area is 126 Å². The SMILES string of the molecule is CNCCCN(C)S(=O)(=O)Nc1cc(OC)cc(OC)c1. The Hall–Kier alpha value is -1.51. The molecule has 7 nitrogen and oxygen atoms in total. The predicted molar refractivity (Wildman–Crippen MR) is 83.3 cm³/mol. The van der Waals surface area contributed by atoms with Crippen molar-refractivity contribution in [3.8, 4) is 11.5 Å². The fourth-order valence-corrected chi connectivity index (χ4v) is 2.63. The zero-order valence-electron chi connectivity index (χ0n) is 12.8. The van der Waals surface area contributed by atoms with Crippen LogP contribution < -0.4 is 19.5 Å². The van der Waals surface area contributed by atoms with Gasteiger partial charge < -0.3 is 14.8 Å². The lowest BCUT2D eigenvalue weighted by molar-refractivity contribution is 0.395. The van der Waals surface area contributed by atoms with Crippen molar-refractivity contribution >= 4 is 15.9 Å². The third-order valence-corrected chi connectivity index (χ3v) is 4.41. The predicted octanol–water partition coefficient (Wildman–Crippen LogP) is 0.902. The molecule has 0 amide bonds. The van der Waals surface area contributed by atoms with E-state index in [0.717, 1.165) is 13.0 Å². The smallest absolute Gasteiger partial charge is 0.301 e. The zero-order chi connectivity index (χ0) is 15.9. The lowest BCUT2D eigenvalue weighted by Crippen LogP contribution is -2.34. The molecule has 0 spiro atoms. The number of nitrogens with one attached hydrogen (secondary N) is 2. The topological polar surface area (TPSA) is 79.9 Å². The van der Waals surface area contributed by atoms with Gasteiger partial charge in [-0.3, -0.25) is 4.72 Å². The highest BCUT2D eigenvalue weighted by Gasteiger charge is 2.17. The summed E-state index contributed by atoms with van der Waals surface area (Å²) in [5, 5.41) is 2.98. The van der Waals surface area contributed by atoms with E-state index in [-0.39, 0.29) is 0 Å². The fraction of sp³-hybridized carbons (Fsp3) is 0.538. The van der Waals surface area contributed by atoms with Crippen molar-refractivity contribution in [2.24, 2.45) is 0 Å². The fourth-order valence-electron chi connectivity index (χ4n) is 1.69. The average Bonchev–Trinajstić information content (AvgIpc) is 2.46. The summed E-state index contributed by atoms with van der Waals surface area (Å²) >= 11 is 0. The molecule has 0 saturated carbocycles. The number of methoxy groups -OCH3 is 2. The lowest BCUT2D eigenvalue weighted by Gasteiger charge is -2.19. The molecule has 1 aromatic carbocycles. The highest BCUT2D eigenvalue weighted by atomic mass is 32.2. The van der Waals surface area contributed by atoms with E-state index < -0.39 is 10.2 Å². The van der Waals surface area contributed by atoms with Crippen molar-refractivity contribution in [3.05, 3.63) is 18.2 Å². The van der Waals surface area contributed by atoms with Gasteiger partial charge >= 0.3 is 10.2 Å². The van der Waals surface area contributed by atoms with Crippen LogP contribution in [0.2, 0.25) is 0 Å². The summed E-state index contributed by atoms with van der Waals surface area (Å²) in [6, 6.07) is 4.87. The van der Waals surface area contributed by atoms with E-state index in [2.05, 4.69) is 10.0 Å². The minimum absolute atomic E-state index is 0.395. The summed E-state index contributed by atoms with van der Waals surface area (Å²) in [5.41, 5.74) is 0.395. The van der Waals surface area contributed by atoms with Crippen LogP contribution in [-0.2, 0) is 10.2 Å². The largest absolute Gasteiger partial charge is 0.497 e. The van der Waals surface area contributed by atoms with Gasteiger partial charge in [0.2, 0.25) is 0 Å². The van der Waals surface area contributed by atoms with Crippen molar-refractivity contribution in [1.29, 1.82) is 0 Å². The van der Waals surface area contributed by atoms with Gasteiger partial charge in [-0.25, -0.2) is 0 Å². The molecule has 0 unspecified atom stereocenters. The molecule has 0 aromatic heterocycles. The van der Waals surface area contributed by atoms with E-state index in [1.165, 1.54) is 25.6 Å². The molecule has 120 valence electrons. The maximum Gasteiger partial charge on any atom is 0.301 e. The monoisotopic (exact) mass is 317 g/mol. The van der Waals surface area contributed by atoms with Crippen molar-refractivity contribution in [2.45, 2.75) is 6.42 Å². The van der Waals surface area contributed by atoms with Crippen molar-refractivity contribution in [3.63, 3.8) is 0 Å². The molecule has 0 atom stereocenters. The molecule has 0 aliphatic carbocycles. The van der Waals surface area contributed by atoms with E-state index in [0.29, 0.717) is 23.7 Å². The maximum absolute atomic E-state index is 12.2. The summed E-state index contributed by atoms with van der Waals surface area (Å²) in [6.07, 6.45) is 0.731. The maximum atomic E-state index is 12.2. The number of hydrogen-bond donors (Lipinski definition) is 2. The van der Waals surface area contributed by atoms with Gasteiger partial charge in [0.05, 0.1) is 19.9 Å². The van der Waals surface area contributed by atoms with Gasteiger partial charge in [-0.1, -0.05) is 0 Å². The first-order chi connectivity index (χ1) is 9.92. The summed E-state index contributed by atoms with van der Waals surface area (Å²) in [7, 11) is 2.79. The van der Waals surface area contributed by atoms with Crippen molar-refractivity contribution < 1.29 is 17.9 Å². The third kappa shape index (κ3) is 5.41. The highest BCUT2D eigenvalue weighted by molar-refractivity contribution is 7.90. The quantitative estimate of drug-likeness (QED) is 0.662. The summed E-state index contributed by atoms with van der Waals surface area (Å²) in [4.78, 5) is 0. The van der Waals surface area contributed by atoms with Gasteiger partial charge in [0, 0.05) is 31.8 Å². The molecule has 0 aliphatic rings. The van der Waals surface area contributed by atoms with Gasteiger partial charge in [0.25, 0.3) is 0 Å². The van der Waals surface area contributed by atoms with Gasteiger partial charge in [-0.2, -0.15) is 12.7 Å². The first-order valence-electron chi connectivity index (χ1n) is 6.54. The molecule has 0 saturated heterocycles. The minimum Gasteiger partial charge on any atom is -0.497 e. The Morgan fingerprint density at radius 1 is 1.14 bits per heavy atom. The molecular formula is C13H23N3O4S. The van der Waals surface area contributed by atoms with Crippen molar-refractivity contribution in [2.75, 3.05) is 46.1 Å². The highest BCUT2D eigenvalue weighted by Crippen LogP contribution is 2.26. The Morgan fingerprint density at radius 2 is 1.71 bits per heavy atom. The molecular weight excluding hydrogens is 294 g/mol. The van der Waals surface area contributed by atoms with Crippen LogP contribution in [0.4, 0.5) is 5.69 Å². The lowest BCUT2D eigenvalue weighted by atomic mass is 10.3. The molecule has 1 rings (SSSR count). The number of nitrogens with zero attached hydrogens (tertiary/aromatic N) is 1. The van der Waals surface area contributed by atoms with Crippen LogP contribution in [0.1, 0.15) is 6.42 Å². The first-order valence-corrected chi connectivity index (χ1v) is 7.98. The Bertz CT molecular complexity index is 526. The van der Waals surface area contributed by atoms with Gasteiger partial charge in [-0.15, -0.1) is 0 Å². The Kier molecular flexibility index (Phi) is 6.73. The van der Waals surface area contributed by atoms with Crippen LogP contribution in [0.3, 0.4) is 0 Å². The number of hydrogen-bond acceptors (Lipinski definition) is 5. The Morgan fingerprint density at radius 3 is 2.19 bits per heavy atom. The van der Waals surface area contributed by atoms with Crippen LogP contribution in [0.15, 0.2) is 18.2 Å². The van der Waals surface area contributed by atoms with Gasteiger partial charge in [-0.05, 0) is 20.0 Å². The average molecular weight is 317 g/mol. The van der Waals surface area contributed by atoms with E-state index in [1.54, 1.807) is 18.2 Å². The summed E-state index contributed by atoms with van der Waals surface area (Å²) in [6.45, 7) is 1.18. The second-order valence-corrected chi connectivity index (χ2v) is 6.26. The Balaban J connectivity index is 2.83. The minimum atomic E-state index is -3.60. The molecule has 0 radical (unpaired) electrons. The molecule has 21 heavy (non-hydrogen) atoms. The van der Waals surface area contributed by atoms with Crippen molar-refractivity contribution in [1.82, 2.24) is 9.62 Å². The van der Waals surface area contributed by atoms with Crippen LogP contribution in [0, 0.1) is 0 Å². The summed E-state index contributed by atoms with van der Waals surface area (Å²) < 4.78 is 38.4. The van der Waals surface area contributed by atoms with Crippen LogP contribution >= 0.6 is 0 Å². The summed E-state index contributed by atoms with van der Waals surface area (Å²) in [5.74, 6) is 1.04. The van der Waals surface area contributed by atoms with E-state index >= 15 is 0 Å². The van der Waals surface area contributed by atoms with E-state index in [4.69, 9.17) is 9.47 Å². The number of anilines is 1. The number of ether oxygens (including phenoxy) is 2. The molecule has 2 N–H and O–H groups in total. The normalized spacial score (nSPS) is 11.5.